The predicted molar refractivity (Wildman–Crippen MR) is 108 cm³/mol. The highest BCUT2D eigenvalue weighted by Crippen LogP contribution is 2.22. The normalized spacial score (nSPS) is 20.6. The Morgan fingerprint density at radius 3 is 2.50 bits per heavy atom. The average molecular weight is 386 g/mol. The Morgan fingerprint density at radius 1 is 1.07 bits per heavy atom. The summed E-state index contributed by atoms with van der Waals surface area (Å²) in [6, 6.07) is 7.39. The molecule has 1 aromatic rings. The molecule has 0 aromatic heterocycles. The maximum Gasteiger partial charge on any atom is 0.320 e. The molecule has 0 bridgehead atoms. The number of amides is 4. The van der Waals surface area contributed by atoms with E-state index in [1.165, 1.54) is 6.92 Å². The molecule has 0 spiro atoms. The lowest BCUT2D eigenvalue weighted by Crippen LogP contribution is -2.49. The third-order valence-electron chi connectivity index (χ3n) is 5.51. The molecular formula is C21H30N4O3. The predicted octanol–water partition coefficient (Wildman–Crippen LogP) is 2.75. The first-order valence-electron chi connectivity index (χ1n) is 10.2. The molecule has 2 N–H and O–H groups in total. The fourth-order valence-corrected chi connectivity index (χ4v) is 3.98. The number of hydrogen-bond donors (Lipinski definition) is 2. The van der Waals surface area contributed by atoms with Crippen molar-refractivity contribution in [1.29, 1.82) is 0 Å². The van der Waals surface area contributed by atoms with Crippen molar-refractivity contribution < 1.29 is 14.4 Å². The van der Waals surface area contributed by atoms with Gasteiger partial charge in [0.1, 0.15) is 0 Å². The lowest BCUT2D eigenvalue weighted by Gasteiger charge is -2.35. The molecule has 1 aromatic carbocycles. The van der Waals surface area contributed by atoms with Gasteiger partial charge in [0.2, 0.25) is 11.8 Å². The fraction of sp³-hybridized carbons (Fsp3) is 0.571. The monoisotopic (exact) mass is 386 g/mol. The average Bonchev–Trinajstić information content (AvgIpc) is 3.22. The lowest BCUT2D eigenvalue weighted by molar-refractivity contribution is -0.127. The van der Waals surface area contributed by atoms with Gasteiger partial charge in [0.25, 0.3) is 0 Å². The van der Waals surface area contributed by atoms with E-state index in [-0.39, 0.29) is 29.8 Å². The van der Waals surface area contributed by atoms with E-state index in [0.29, 0.717) is 12.2 Å². The number of nitrogens with one attached hydrogen (secondary N) is 2. The summed E-state index contributed by atoms with van der Waals surface area (Å²) in [6.45, 7) is 6.27. The number of piperidine rings is 1. The summed E-state index contributed by atoms with van der Waals surface area (Å²) in [5.74, 6) is -0.323. The van der Waals surface area contributed by atoms with Crippen LogP contribution >= 0.6 is 0 Å². The molecule has 0 saturated carbocycles. The number of anilines is 1. The molecule has 2 aliphatic rings. The molecular weight excluding hydrogens is 356 g/mol. The van der Waals surface area contributed by atoms with Crippen molar-refractivity contribution in [3.63, 3.8) is 0 Å². The number of nitrogens with zero attached hydrogens (tertiary/aromatic N) is 2. The summed E-state index contributed by atoms with van der Waals surface area (Å²) in [4.78, 5) is 40.4. The molecule has 7 heteroatoms. The van der Waals surface area contributed by atoms with Gasteiger partial charge in [0.05, 0.1) is 12.0 Å². The van der Waals surface area contributed by atoms with E-state index in [4.69, 9.17) is 0 Å². The molecule has 2 atom stereocenters. The number of rotatable bonds is 4. The molecule has 4 amide bonds. The van der Waals surface area contributed by atoms with Crippen molar-refractivity contribution in [2.45, 2.75) is 45.6 Å². The van der Waals surface area contributed by atoms with Crippen LogP contribution < -0.4 is 10.6 Å². The Labute approximate surface area is 166 Å². The summed E-state index contributed by atoms with van der Waals surface area (Å²) in [5.41, 5.74) is 1.64. The van der Waals surface area contributed by atoms with Gasteiger partial charge < -0.3 is 20.4 Å². The van der Waals surface area contributed by atoms with Gasteiger partial charge in [-0.05, 0) is 50.3 Å². The number of carbonyl (C=O) groups is 3. The van der Waals surface area contributed by atoms with Crippen LogP contribution in [0.15, 0.2) is 24.3 Å². The molecule has 2 unspecified atom stereocenters. The first-order valence-corrected chi connectivity index (χ1v) is 10.2. The van der Waals surface area contributed by atoms with Crippen molar-refractivity contribution in [2.75, 3.05) is 31.5 Å². The SMILES string of the molecule is CC(=O)Nc1cccc(C(C)NC(=O)C2CCCN(C(=O)N3CCCC3)C2)c1. The molecule has 7 nitrogen and oxygen atoms in total. The lowest BCUT2D eigenvalue weighted by atomic mass is 9.96. The maximum atomic E-state index is 12.8. The number of likely N-dealkylation sites (tertiary alicyclic amines) is 2. The van der Waals surface area contributed by atoms with Crippen molar-refractivity contribution in [2.24, 2.45) is 5.92 Å². The molecule has 0 aliphatic carbocycles. The third-order valence-corrected chi connectivity index (χ3v) is 5.51. The Hall–Kier alpha value is -2.57. The molecule has 0 radical (unpaired) electrons. The van der Waals surface area contributed by atoms with Crippen LogP contribution in [-0.4, -0.2) is 53.8 Å². The summed E-state index contributed by atoms with van der Waals surface area (Å²) in [5, 5.41) is 5.83. The molecule has 2 aliphatic heterocycles. The molecule has 28 heavy (non-hydrogen) atoms. The van der Waals surface area contributed by atoms with E-state index in [9.17, 15) is 14.4 Å². The Morgan fingerprint density at radius 2 is 1.79 bits per heavy atom. The van der Waals surface area contributed by atoms with Gasteiger partial charge in [-0.1, -0.05) is 12.1 Å². The van der Waals surface area contributed by atoms with Gasteiger partial charge in [0.15, 0.2) is 0 Å². The zero-order chi connectivity index (χ0) is 20.1. The number of benzene rings is 1. The molecule has 3 rings (SSSR count). The van der Waals surface area contributed by atoms with Crippen LogP contribution in [-0.2, 0) is 9.59 Å². The van der Waals surface area contributed by atoms with E-state index < -0.39 is 0 Å². The van der Waals surface area contributed by atoms with Crippen molar-refractivity contribution >= 4 is 23.5 Å². The van der Waals surface area contributed by atoms with E-state index >= 15 is 0 Å². The number of urea groups is 1. The molecule has 152 valence electrons. The van der Waals surface area contributed by atoms with Crippen LogP contribution in [0.25, 0.3) is 0 Å². The minimum Gasteiger partial charge on any atom is -0.349 e. The second kappa shape index (κ2) is 9.08. The van der Waals surface area contributed by atoms with Crippen LogP contribution in [0.3, 0.4) is 0 Å². The molecule has 2 fully saturated rings. The standard InChI is InChI=1S/C21H30N4O3/c1-15(17-7-5-9-19(13-17)23-16(2)26)22-20(27)18-8-6-12-25(14-18)21(28)24-10-3-4-11-24/h5,7,9,13,15,18H,3-4,6,8,10-12,14H2,1-2H3,(H,22,27)(H,23,26). The third kappa shape index (κ3) is 5.03. The van der Waals surface area contributed by atoms with Crippen LogP contribution in [0.5, 0.6) is 0 Å². The van der Waals surface area contributed by atoms with Gasteiger partial charge in [-0.25, -0.2) is 4.79 Å². The van der Waals surface area contributed by atoms with Gasteiger partial charge in [-0.15, -0.1) is 0 Å². The smallest absolute Gasteiger partial charge is 0.320 e. The first kappa shape index (κ1) is 20.2. The van der Waals surface area contributed by atoms with E-state index in [2.05, 4.69) is 10.6 Å². The van der Waals surface area contributed by atoms with Crippen molar-refractivity contribution in [3.05, 3.63) is 29.8 Å². The van der Waals surface area contributed by atoms with E-state index in [1.54, 1.807) is 0 Å². The minimum atomic E-state index is -0.179. The highest BCUT2D eigenvalue weighted by molar-refractivity contribution is 5.88. The summed E-state index contributed by atoms with van der Waals surface area (Å²) < 4.78 is 0. The quantitative estimate of drug-likeness (QED) is 0.835. The fourth-order valence-electron chi connectivity index (χ4n) is 3.98. The second-order valence-electron chi connectivity index (χ2n) is 7.80. The topological polar surface area (TPSA) is 81.8 Å². The number of hydrogen-bond acceptors (Lipinski definition) is 3. The highest BCUT2D eigenvalue weighted by atomic mass is 16.2. The second-order valence-corrected chi connectivity index (χ2v) is 7.80. The summed E-state index contributed by atoms with van der Waals surface area (Å²) in [6.07, 6.45) is 3.79. The van der Waals surface area contributed by atoms with Crippen LogP contribution in [0, 0.1) is 5.92 Å². The summed E-state index contributed by atoms with van der Waals surface area (Å²) >= 11 is 0. The van der Waals surface area contributed by atoms with Gasteiger partial charge in [-0.3, -0.25) is 9.59 Å². The highest BCUT2D eigenvalue weighted by Gasteiger charge is 2.32. The Balaban J connectivity index is 1.57. The molecule has 2 heterocycles. The first-order chi connectivity index (χ1) is 13.4. The van der Waals surface area contributed by atoms with E-state index in [0.717, 1.165) is 50.9 Å². The molecule has 2 saturated heterocycles. The van der Waals surface area contributed by atoms with Crippen LogP contribution in [0.1, 0.15) is 51.1 Å². The van der Waals surface area contributed by atoms with Crippen LogP contribution in [0.2, 0.25) is 0 Å². The van der Waals surface area contributed by atoms with E-state index in [1.807, 2.05) is 41.0 Å². The van der Waals surface area contributed by atoms with Gasteiger partial charge in [0, 0.05) is 38.8 Å². The van der Waals surface area contributed by atoms with Crippen molar-refractivity contribution in [1.82, 2.24) is 15.1 Å². The van der Waals surface area contributed by atoms with Crippen molar-refractivity contribution in [3.8, 4) is 0 Å². The zero-order valence-corrected chi connectivity index (χ0v) is 16.7. The maximum absolute atomic E-state index is 12.8. The van der Waals surface area contributed by atoms with Gasteiger partial charge >= 0.3 is 6.03 Å². The Kier molecular flexibility index (Phi) is 6.54. The number of carbonyl (C=O) groups excluding carboxylic acids is 3. The Bertz CT molecular complexity index is 730. The minimum absolute atomic E-state index is 0.0173. The largest absolute Gasteiger partial charge is 0.349 e. The van der Waals surface area contributed by atoms with Gasteiger partial charge in [-0.2, -0.15) is 0 Å². The van der Waals surface area contributed by atoms with Crippen LogP contribution in [0.4, 0.5) is 10.5 Å². The zero-order valence-electron chi connectivity index (χ0n) is 16.7. The summed E-state index contributed by atoms with van der Waals surface area (Å²) in [7, 11) is 0.